The quantitative estimate of drug-likeness (QED) is 0.840. The van der Waals surface area contributed by atoms with Crippen molar-refractivity contribution in [1.29, 1.82) is 0 Å². The predicted octanol–water partition coefficient (Wildman–Crippen LogP) is 2.52. The minimum atomic E-state index is -4.18. The van der Waals surface area contributed by atoms with E-state index in [9.17, 15) is 13.2 Å². The summed E-state index contributed by atoms with van der Waals surface area (Å²) in [6.45, 7) is 3.08. The molecule has 0 aliphatic heterocycles. The highest BCUT2D eigenvalue weighted by atomic mass is 19.4. The number of pyridine rings is 1. The van der Waals surface area contributed by atoms with Gasteiger partial charge in [0.25, 0.3) is 0 Å². The SMILES string of the molecule is CCNCc1ccc(OCCC(F)(F)F)cn1. The van der Waals surface area contributed by atoms with Gasteiger partial charge in [0.15, 0.2) is 0 Å². The molecule has 0 unspecified atom stereocenters. The highest BCUT2D eigenvalue weighted by Crippen LogP contribution is 2.20. The molecule has 0 aliphatic carbocycles. The number of aromatic nitrogens is 1. The largest absolute Gasteiger partial charge is 0.492 e. The van der Waals surface area contributed by atoms with Crippen LogP contribution in [0.2, 0.25) is 0 Å². The van der Waals surface area contributed by atoms with Gasteiger partial charge in [-0.25, -0.2) is 0 Å². The average Bonchev–Trinajstić information content (AvgIpc) is 2.26. The maximum Gasteiger partial charge on any atom is 0.392 e. The number of halogens is 3. The molecule has 1 N–H and O–H groups in total. The van der Waals surface area contributed by atoms with Crippen LogP contribution in [0.3, 0.4) is 0 Å². The first-order valence-electron chi connectivity index (χ1n) is 5.36. The fourth-order valence-electron chi connectivity index (χ4n) is 1.14. The first kappa shape index (κ1) is 13.8. The lowest BCUT2D eigenvalue weighted by molar-refractivity contribution is -0.139. The smallest absolute Gasteiger partial charge is 0.392 e. The number of rotatable bonds is 6. The third-order valence-electron chi connectivity index (χ3n) is 2.01. The highest BCUT2D eigenvalue weighted by Gasteiger charge is 2.26. The molecular weight excluding hydrogens is 233 g/mol. The highest BCUT2D eigenvalue weighted by molar-refractivity contribution is 5.19. The summed E-state index contributed by atoms with van der Waals surface area (Å²) in [4.78, 5) is 4.06. The first-order valence-corrected chi connectivity index (χ1v) is 5.36. The Morgan fingerprint density at radius 1 is 1.35 bits per heavy atom. The average molecular weight is 248 g/mol. The second kappa shape index (κ2) is 6.44. The fraction of sp³-hybridized carbons (Fsp3) is 0.545. The van der Waals surface area contributed by atoms with Crippen molar-refractivity contribution >= 4 is 0 Å². The molecule has 0 aromatic carbocycles. The molecule has 6 heteroatoms. The molecule has 0 saturated carbocycles. The van der Waals surface area contributed by atoms with Crippen molar-refractivity contribution in [1.82, 2.24) is 10.3 Å². The number of nitrogens with one attached hydrogen (secondary N) is 1. The van der Waals surface area contributed by atoms with Gasteiger partial charge in [-0.05, 0) is 18.7 Å². The molecule has 1 aromatic heterocycles. The van der Waals surface area contributed by atoms with Gasteiger partial charge >= 0.3 is 6.18 Å². The summed E-state index contributed by atoms with van der Waals surface area (Å²) in [5, 5.41) is 3.09. The molecule has 0 bridgehead atoms. The van der Waals surface area contributed by atoms with Crippen molar-refractivity contribution in [3.8, 4) is 5.75 Å². The topological polar surface area (TPSA) is 34.1 Å². The van der Waals surface area contributed by atoms with E-state index in [1.165, 1.54) is 6.20 Å². The summed E-state index contributed by atoms with van der Waals surface area (Å²) >= 11 is 0. The molecule has 1 rings (SSSR count). The van der Waals surface area contributed by atoms with Crippen molar-refractivity contribution in [3.05, 3.63) is 24.0 Å². The number of alkyl halides is 3. The molecule has 0 aliphatic rings. The maximum absolute atomic E-state index is 11.9. The van der Waals surface area contributed by atoms with Crippen LogP contribution in [-0.2, 0) is 6.54 Å². The van der Waals surface area contributed by atoms with Gasteiger partial charge in [-0.15, -0.1) is 0 Å². The minimum absolute atomic E-state index is 0.356. The molecule has 1 heterocycles. The third kappa shape index (κ3) is 6.11. The lowest BCUT2D eigenvalue weighted by atomic mass is 10.3. The zero-order chi connectivity index (χ0) is 12.7. The number of hydrogen-bond acceptors (Lipinski definition) is 3. The first-order chi connectivity index (χ1) is 8.01. The minimum Gasteiger partial charge on any atom is -0.492 e. The number of ether oxygens (including phenoxy) is 1. The van der Waals surface area contributed by atoms with E-state index in [0.29, 0.717) is 12.3 Å². The van der Waals surface area contributed by atoms with Crippen molar-refractivity contribution < 1.29 is 17.9 Å². The Bertz CT molecular complexity index is 324. The monoisotopic (exact) mass is 248 g/mol. The Morgan fingerprint density at radius 3 is 2.65 bits per heavy atom. The molecule has 0 amide bonds. The third-order valence-corrected chi connectivity index (χ3v) is 2.01. The van der Waals surface area contributed by atoms with Gasteiger partial charge in [0.1, 0.15) is 5.75 Å². The number of nitrogens with zero attached hydrogens (tertiary/aromatic N) is 1. The molecular formula is C11H15F3N2O. The molecule has 0 spiro atoms. The van der Waals surface area contributed by atoms with Gasteiger partial charge in [0.2, 0.25) is 0 Å². The van der Waals surface area contributed by atoms with Crippen LogP contribution in [0.5, 0.6) is 5.75 Å². The summed E-state index contributed by atoms with van der Waals surface area (Å²) in [7, 11) is 0. The van der Waals surface area contributed by atoms with Gasteiger partial charge in [-0.3, -0.25) is 4.98 Å². The van der Waals surface area contributed by atoms with E-state index in [4.69, 9.17) is 4.74 Å². The van der Waals surface area contributed by atoms with Gasteiger partial charge in [0, 0.05) is 6.54 Å². The van der Waals surface area contributed by atoms with E-state index in [0.717, 1.165) is 12.2 Å². The Hall–Kier alpha value is -1.30. The zero-order valence-electron chi connectivity index (χ0n) is 9.55. The Labute approximate surface area is 98.0 Å². The van der Waals surface area contributed by atoms with E-state index in [1.807, 2.05) is 6.92 Å². The molecule has 3 nitrogen and oxygen atoms in total. The fourth-order valence-corrected chi connectivity index (χ4v) is 1.14. The van der Waals surface area contributed by atoms with Gasteiger partial charge < -0.3 is 10.1 Å². The van der Waals surface area contributed by atoms with E-state index in [1.54, 1.807) is 12.1 Å². The lowest BCUT2D eigenvalue weighted by Gasteiger charge is -2.08. The van der Waals surface area contributed by atoms with Crippen LogP contribution < -0.4 is 10.1 Å². The Balaban J connectivity index is 2.35. The van der Waals surface area contributed by atoms with Crippen LogP contribution in [0.4, 0.5) is 13.2 Å². The van der Waals surface area contributed by atoms with Gasteiger partial charge in [0.05, 0.1) is 24.9 Å². The Kier molecular flexibility index (Phi) is 5.21. The van der Waals surface area contributed by atoms with Crippen molar-refractivity contribution in [3.63, 3.8) is 0 Å². The second-order valence-electron chi connectivity index (χ2n) is 3.48. The molecule has 96 valence electrons. The van der Waals surface area contributed by atoms with Crippen molar-refractivity contribution in [2.75, 3.05) is 13.2 Å². The molecule has 0 fully saturated rings. The zero-order valence-corrected chi connectivity index (χ0v) is 9.55. The molecule has 0 atom stereocenters. The standard InChI is InChI=1S/C11H15F3N2O/c1-2-15-7-9-3-4-10(8-16-9)17-6-5-11(12,13)14/h3-4,8,15H,2,5-7H2,1H3. The van der Waals surface area contributed by atoms with Crippen LogP contribution in [0.1, 0.15) is 19.0 Å². The van der Waals surface area contributed by atoms with Crippen molar-refractivity contribution in [2.45, 2.75) is 26.1 Å². The van der Waals surface area contributed by atoms with E-state index >= 15 is 0 Å². The molecule has 17 heavy (non-hydrogen) atoms. The van der Waals surface area contributed by atoms with Gasteiger partial charge in [-0.1, -0.05) is 6.92 Å². The van der Waals surface area contributed by atoms with Crippen LogP contribution in [0, 0.1) is 0 Å². The molecule has 1 aromatic rings. The summed E-state index contributed by atoms with van der Waals surface area (Å²) in [6, 6.07) is 3.35. The Morgan fingerprint density at radius 2 is 2.12 bits per heavy atom. The van der Waals surface area contributed by atoms with E-state index in [-0.39, 0.29) is 6.61 Å². The molecule has 0 saturated heterocycles. The van der Waals surface area contributed by atoms with Crippen LogP contribution in [-0.4, -0.2) is 24.3 Å². The normalized spacial score (nSPS) is 11.5. The summed E-state index contributed by atoms with van der Waals surface area (Å²) in [5.41, 5.74) is 0.829. The van der Waals surface area contributed by atoms with E-state index in [2.05, 4.69) is 10.3 Å². The summed E-state index contributed by atoms with van der Waals surface area (Å²) in [5.74, 6) is 0.356. The summed E-state index contributed by atoms with van der Waals surface area (Å²) in [6.07, 6.45) is -3.70. The summed E-state index contributed by atoms with van der Waals surface area (Å²) < 4.78 is 40.5. The van der Waals surface area contributed by atoms with Gasteiger partial charge in [-0.2, -0.15) is 13.2 Å². The van der Waals surface area contributed by atoms with Crippen LogP contribution in [0.25, 0.3) is 0 Å². The predicted molar refractivity (Wildman–Crippen MR) is 57.8 cm³/mol. The molecule has 0 radical (unpaired) electrons. The van der Waals surface area contributed by atoms with E-state index < -0.39 is 12.6 Å². The second-order valence-corrected chi connectivity index (χ2v) is 3.48. The van der Waals surface area contributed by atoms with Crippen molar-refractivity contribution in [2.24, 2.45) is 0 Å². The van der Waals surface area contributed by atoms with Crippen LogP contribution >= 0.6 is 0 Å². The maximum atomic E-state index is 11.9. The lowest BCUT2D eigenvalue weighted by Crippen LogP contribution is -2.14. The van der Waals surface area contributed by atoms with Crippen LogP contribution in [0.15, 0.2) is 18.3 Å². The number of hydrogen-bond donors (Lipinski definition) is 1.